The molecule has 0 bridgehead atoms. The molecule has 3 rings (SSSR count). The molecule has 0 aliphatic carbocycles. The van der Waals surface area contributed by atoms with Crippen LogP contribution in [0.25, 0.3) is 11.0 Å². The van der Waals surface area contributed by atoms with E-state index < -0.39 is 32.7 Å². The average molecular weight is 403 g/mol. The van der Waals surface area contributed by atoms with Crippen LogP contribution in [-0.2, 0) is 14.6 Å². The number of benzene rings is 2. The van der Waals surface area contributed by atoms with Gasteiger partial charge in [-0.1, -0.05) is 18.2 Å². The zero-order valence-corrected chi connectivity index (χ0v) is 15.9. The summed E-state index contributed by atoms with van der Waals surface area (Å²) in [5.74, 6) is -1.07. The number of para-hydroxylation sites is 1. The predicted octanol–water partition coefficient (Wildman–Crippen LogP) is 2.75. The van der Waals surface area contributed by atoms with Gasteiger partial charge in [-0.3, -0.25) is 4.79 Å². The standard InChI is InChI=1S/C19H17NO7S/c1-3-25-19(22)18-16(20)17(21)12-9-14(26-11-7-5-4-6-8-11)15(28(2,23)24)10-13(12)27-18/h4-10H,3,20H2,1-2H3. The van der Waals surface area contributed by atoms with Crippen LogP contribution in [0.15, 0.2) is 56.6 Å². The van der Waals surface area contributed by atoms with Gasteiger partial charge in [0.15, 0.2) is 9.84 Å². The third-order valence-electron chi connectivity index (χ3n) is 3.82. The summed E-state index contributed by atoms with van der Waals surface area (Å²) in [6.45, 7) is 1.64. The smallest absolute Gasteiger partial charge is 0.376 e. The molecule has 0 atom stereocenters. The molecule has 0 aliphatic heterocycles. The topological polar surface area (TPSA) is 126 Å². The van der Waals surface area contributed by atoms with Crippen molar-refractivity contribution in [2.45, 2.75) is 11.8 Å². The second kappa shape index (κ2) is 7.35. The van der Waals surface area contributed by atoms with Gasteiger partial charge < -0.3 is 19.6 Å². The Morgan fingerprint density at radius 2 is 1.86 bits per heavy atom. The summed E-state index contributed by atoms with van der Waals surface area (Å²) < 4.78 is 40.4. The Morgan fingerprint density at radius 3 is 2.46 bits per heavy atom. The summed E-state index contributed by atoms with van der Waals surface area (Å²) in [5.41, 5.74) is 4.50. The molecule has 0 aliphatic rings. The third-order valence-corrected chi connectivity index (χ3v) is 4.94. The van der Waals surface area contributed by atoms with Gasteiger partial charge in [-0.15, -0.1) is 0 Å². The molecule has 0 radical (unpaired) electrons. The number of hydrogen-bond donors (Lipinski definition) is 1. The average Bonchev–Trinajstić information content (AvgIpc) is 2.64. The van der Waals surface area contributed by atoms with E-state index in [1.807, 2.05) is 0 Å². The Hall–Kier alpha value is -3.33. The van der Waals surface area contributed by atoms with E-state index in [1.165, 1.54) is 6.07 Å². The normalized spacial score (nSPS) is 11.4. The van der Waals surface area contributed by atoms with Crippen molar-refractivity contribution in [3.05, 3.63) is 58.4 Å². The van der Waals surface area contributed by atoms with Crippen molar-refractivity contribution in [1.29, 1.82) is 0 Å². The summed E-state index contributed by atoms with van der Waals surface area (Å²) in [5, 5.41) is -0.0242. The van der Waals surface area contributed by atoms with E-state index in [-0.39, 0.29) is 28.2 Å². The highest BCUT2D eigenvalue weighted by Gasteiger charge is 2.24. The molecule has 3 aromatic rings. The fourth-order valence-electron chi connectivity index (χ4n) is 2.55. The molecule has 2 aromatic carbocycles. The van der Waals surface area contributed by atoms with Crippen molar-refractivity contribution >= 4 is 32.5 Å². The maximum Gasteiger partial charge on any atom is 0.376 e. The molecule has 0 spiro atoms. The van der Waals surface area contributed by atoms with E-state index in [2.05, 4.69) is 0 Å². The minimum atomic E-state index is -3.75. The molecule has 28 heavy (non-hydrogen) atoms. The Kier molecular flexibility index (Phi) is 5.10. The molecule has 8 nitrogen and oxygen atoms in total. The quantitative estimate of drug-likeness (QED) is 0.645. The second-order valence-electron chi connectivity index (χ2n) is 5.88. The summed E-state index contributed by atoms with van der Waals surface area (Å²) >= 11 is 0. The minimum absolute atomic E-state index is 0.0242. The number of nitrogens with two attached hydrogens (primary N) is 1. The van der Waals surface area contributed by atoms with Crippen LogP contribution in [0, 0.1) is 0 Å². The van der Waals surface area contributed by atoms with Crippen molar-refractivity contribution in [2.24, 2.45) is 0 Å². The maximum absolute atomic E-state index is 12.6. The number of ether oxygens (including phenoxy) is 2. The van der Waals surface area contributed by atoms with Gasteiger partial charge in [0.05, 0.1) is 12.0 Å². The van der Waals surface area contributed by atoms with E-state index in [9.17, 15) is 18.0 Å². The molecular formula is C19H17NO7S. The molecule has 1 aromatic heterocycles. The SMILES string of the molecule is CCOC(=O)c1oc2cc(S(C)(=O)=O)c(Oc3ccccc3)cc2c(=O)c1N. The molecule has 146 valence electrons. The Balaban J connectivity index is 2.27. The van der Waals surface area contributed by atoms with E-state index in [1.54, 1.807) is 37.3 Å². The number of sulfone groups is 1. The van der Waals surface area contributed by atoms with Gasteiger partial charge in [0, 0.05) is 12.3 Å². The van der Waals surface area contributed by atoms with Gasteiger partial charge in [0.25, 0.3) is 0 Å². The zero-order chi connectivity index (χ0) is 20.5. The van der Waals surface area contributed by atoms with Crippen LogP contribution >= 0.6 is 0 Å². The van der Waals surface area contributed by atoms with Crippen molar-refractivity contribution in [3.63, 3.8) is 0 Å². The minimum Gasteiger partial charge on any atom is -0.460 e. The van der Waals surface area contributed by atoms with E-state index in [0.717, 1.165) is 12.3 Å². The molecule has 2 N–H and O–H groups in total. The maximum atomic E-state index is 12.6. The highest BCUT2D eigenvalue weighted by atomic mass is 32.2. The molecule has 0 unspecified atom stereocenters. The lowest BCUT2D eigenvalue weighted by Gasteiger charge is -2.12. The lowest BCUT2D eigenvalue weighted by atomic mass is 10.2. The first-order valence-electron chi connectivity index (χ1n) is 8.22. The number of carbonyl (C=O) groups is 1. The van der Waals surface area contributed by atoms with E-state index in [4.69, 9.17) is 19.6 Å². The Labute approximate surface area is 160 Å². The summed E-state index contributed by atoms with van der Waals surface area (Å²) in [6, 6.07) is 10.8. The lowest BCUT2D eigenvalue weighted by molar-refractivity contribution is 0.0492. The van der Waals surface area contributed by atoms with Crippen molar-refractivity contribution < 1.29 is 27.1 Å². The monoisotopic (exact) mass is 403 g/mol. The van der Waals surface area contributed by atoms with Gasteiger partial charge in [-0.05, 0) is 25.1 Å². The highest BCUT2D eigenvalue weighted by Crippen LogP contribution is 2.33. The van der Waals surface area contributed by atoms with Crippen molar-refractivity contribution in [3.8, 4) is 11.5 Å². The van der Waals surface area contributed by atoms with Crippen LogP contribution in [0.1, 0.15) is 17.5 Å². The molecule has 0 saturated carbocycles. The molecule has 9 heteroatoms. The first-order valence-corrected chi connectivity index (χ1v) is 10.1. The van der Waals surface area contributed by atoms with Crippen molar-refractivity contribution in [2.75, 3.05) is 18.6 Å². The van der Waals surface area contributed by atoms with Crippen LogP contribution in [0.5, 0.6) is 11.5 Å². The summed E-state index contributed by atoms with van der Waals surface area (Å²) in [4.78, 5) is 24.4. The molecular weight excluding hydrogens is 386 g/mol. The predicted molar refractivity (Wildman–Crippen MR) is 102 cm³/mol. The van der Waals surface area contributed by atoms with E-state index in [0.29, 0.717) is 5.75 Å². The van der Waals surface area contributed by atoms with Crippen LogP contribution in [0.4, 0.5) is 5.69 Å². The van der Waals surface area contributed by atoms with Gasteiger partial charge in [0.2, 0.25) is 11.2 Å². The first-order chi connectivity index (χ1) is 13.2. The number of anilines is 1. The number of fused-ring (bicyclic) bond motifs is 1. The number of esters is 1. The number of nitrogen functional groups attached to an aromatic ring is 1. The Bertz CT molecular complexity index is 1210. The fourth-order valence-corrected chi connectivity index (χ4v) is 3.34. The van der Waals surface area contributed by atoms with E-state index >= 15 is 0 Å². The van der Waals surface area contributed by atoms with Crippen LogP contribution < -0.4 is 15.9 Å². The Morgan fingerprint density at radius 1 is 1.18 bits per heavy atom. The summed E-state index contributed by atoms with van der Waals surface area (Å²) in [7, 11) is -3.75. The van der Waals surface area contributed by atoms with Gasteiger partial charge in [-0.25, -0.2) is 13.2 Å². The third kappa shape index (κ3) is 3.70. The lowest BCUT2D eigenvalue weighted by Crippen LogP contribution is -2.17. The van der Waals surface area contributed by atoms with Crippen LogP contribution in [0.2, 0.25) is 0 Å². The number of hydrogen-bond acceptors (Lipinski definition) is 8. The fraction of sp³-hybridized carbons (Fsp3) is 0.158. The largest absolute Gasteiger partial charge is 0.460 e. The highest BCUT2D eigenvalue weighted by molar-refractivity contribution is 7.90. The molecule has 0 amide bonds. The molecule has 0 saturated heterocycles. The molecule has 1 heterocycles. The number of rotatable bonds is 5. The van der Waals surface area contributed by atoms with Crippen molar-refractivity contribution in [1.82, 2.24) is 0 Å². The van der Waals surface area contributed by atoms with Gasteiger partial charge in [-0.2, -0.15) is 0 Å². The first kappa shape index (κ1) is 19.4. The molecule has 0 fully saturated rings. The van der Waals surface area contributed by atoms with Crippen LogP contribution in [0.3, 0.4) is 0 Å². The van der Waals surface area contributed by atoms with Crippen LogP contribution in [-0.4, -0.2) is 27.2 Å². The second-order valence-corrected chi connectivity index (χ2v) is 7.86. The summed E-state index contributed by atoms with van der Waals surface area (Å²) in [6.07, 6.45) is 0.994. The van der Waals surface area contributed by atoms with Gasteiger partial charge in [0.1, 0.15) is 27.7 Å². The van der Waals surface area contributed by atoms with Gasteiger partial charge >= 0.3 is 5.97 Å². The zero-order valence-electron chi connectivity index (χ0n) is 15.1. The number of carbonyl (C=O) groups excluding carboxylic acids is 1.